The monoisotopic (exact) mass is 360 g/mol. The van der Waals surface area contributed by atoms with Crippen molar-refractivity contribution in [3.8, 4) is 22.3 Å². The summed E-state index contributed by atoms with van der Waals surface area (Å²) in [6.07, 6.45) is 2.47. The van der Waals surface area contributed by atoms with Gasteiger partial charge in [0.25, 0.3) is 0 Å². The molecule has 27 heavy (non-hydrogen) atoms. The summed E-state index contributed by atoms with van der Waals surface area (Å²) in [4.78, 5) is 0. The molecule has 2 heteroatoms. The van der Waals surface area contributed by atoms with E-state index in [4.69, 9.17) is 4.74 Å². The average molecular weight is 360 g/mol. The van der Waals surface area contributed by atoms with Crippen LogP contribution in [0, 0.1) is 18.7 Å². The predicted octanol–water partition coefficient (Wildman–Crippen LogP) is 6.96. The molecule has 1 unspecified atom stereocenters. The van der Waals surface area contributed by atoms with Gasteiger partial charge < -0.3 is 4.74 Å². The SMILES string of the molecule is Cc1ccc(-c2ccc(-c3ccc([C@@H]4CCC(C)CO4)cc3)cc2F)cc1. The second-order valence-electron chi connectivity index (χ2n) is 7.69. The Hall–Kier alpha value is -2.45. The van der Waals surface area contributed by atoms with Crippen LogP contribution in [0.2, 0.25) is 0 Å². The normalized spacial score (nSPS) is 19.8. The maximum absolute atomic E-state index is 14.7. The fourth-order valence-electron chi connectivity index (χ4n) is 3.70. The fraction of sp³-hybridized carbons (Fsp3) is 0.280. The van der Waals surface area contributed by atoms with Gasteiger partial charge in [0, 0.05) is 12.2 Å². The number of hydrogen-bond acceptors (Lipinski definition) is 1. The minimum Gasteiger partial charge on any atom is -0.373 e. The number of halogens is 1. The predicted molar refractivity (Wildman–Crippen MR) is 109 cm³/mol. The van der Waals surface area contributed by atoms with Crippen LogP contribution >= 0.6 is 0 Å². The molecule has 1 aliphatic rings. The van der Waals surface area contributed by atoms with Crippen LogP contribution in [-0.4, -0.2) is 6.61 Å². The fourth-order valence-corrected chi connectivity index (χ4v) is 3.70. The van der Waals surface area contributed by atoms with Crippen molar-refractivity contribution in [3.05, 3.63) is 83.7 Å². The molecule has 1 heterocycles. The minimum atomic E-state index is -0.190. The first-order valence-corrected chi connectivity index (χ1v) is 9.68. The van der Waals surface area contributed by atoms with Crippen molar-refractivity contribution in [2.45, 2.75) is 32.8 Å². The quantitative estimate of drug-likeness (QED) is 0.491. The van der Waals surface area contributed by atoms with E-state index < -0.39 is 0 Å². The van der Waals surface area contributed by atoms with E-state index in [1.807, 2.05) is 43.3 Å². The molecule has 138 valence electrons. The number of benzene rings is 3. The van der Waals surface area contributed by atoms with Crippen LogP contribution in [0.15, 0.2) is 66.7 Å². The third-order valence-corrected chi connectivity index (χ3v) is 5.45. The lowest BCUT2D eigenvalue weighted by molar-refractivity contribution is -0.0123. The first-order valence-electron chi connectivity index (χ1n) is 9.68. The smallest absolute Gasteiger partial charge is 0.131 e. The first-order chi connectivity index (χ1) is 13.1. The topological polar surface area (TPSA) is 9.23 Å². The summed E-state index contributed by atoms with van der Waals surface area (Å²) in [6.45, 7) is 5.10. The van der Waals surface area contributed by atoms with Gasteiger partial charge in [-0.25, -0.2) is 4.39 Å². The molecule has 1 fully saturated rings. The molecule has 0 N–H and O–H groups in total. The Morgan fingerprint density at radius 2 is 1.48 bits per heavy atom. The third kappa shape index (κ3) is 3.96. The Bertz CT molecular complexity index is 904. The molecule has 2 atom stereocenters. The Balaban J connectivity index is 1.55. The third-order valence-electron chi connectivity index (χ3n) is 5.45. The molecule has 1 saturated heterocycles. The van der Waals surface area contributed by atoms with E-state index in [0.29, 0.717) is 11.5 Å². The molecule has 0 bridgehead atoms. The Morgan fingerprint density at radius 3 is 2.11 bits per heavy atom. The molecule has 0 aromatic heterocycles. The van der Waals surface area contributed by atoms with Crippen LogP contribution in [0.5, 0.6) is 0 Å². The molecule has 3 aromatic rings. The molecular formula is C25H25FO. The van der Waals surface area contributed by atoms with E-state index in [2.05, 4.69) is 31.2 Å². The summed E-state index contributed by atoms with van der Waals surface area (Å²) in [5, 5.41) is 0. The van der Waals surface area contributed by atoms with Gasteiger partial charge in [-0.3, -0.25) is 0 Å². The second-order valence-corrected chi connectivity index (χ2v) is 7.69. The maximum atomic E-state index is 14.7. The van der Waals surface area contributed by atoms with E-state index in [1.54, 1.807) is 6.07 Å². The maximum Gasteiger partial charge on any atom is 0.131 e. The van der Waals surface area contributed by atoms with Crippen LogP contribution < -0.4 is 0 Å². The van der Waals surface area contributed by atoms with E-state index in [-0.39, 0.29) is 11.9 Å². The van der Waals surface area contributed by atoms with Gasteiger partial charge in [0.1, 0.15) is 5.82 Å². The van der Waals surface area contributed by atoms with Crippen LogP contribution in [-0.2, 0) is 4.74 Å². The van der Waals surface area contributed by atoms with E-state index in [0.717, 1.165) is 29.7 Å². The number of rotatable bonds is 3. The van der Waals surface area contributed by atoms with Crippen molar-refractivity contribution < 1.29 is 9.13 Å². The molecule has 0 saturated carbocycles. The van der Waals surface area contributed by atoms with Crippen LogP contribution in [0.3, 0.4) is 0 Å². The highest BCUT2D eigenvalue weighted by atomic mass is 19.1. The lowest BCUT2D eigenvalue weighted by Gasteiger charge is -2.27. The van der Waals surface area contributed by atoms with Gasteiger partial charge in [-0.2, -0.15) is 0 Å². The van der Waals surface area contributed by atoms with Crippen molar-refractivity contribution in [1.29, 1.82) is 0 Å². The Labute approximate surface area is 160 Å². The molecule has 0 aliphatic carbocycles. The summed E-state index contributed by atoms with van der Waals surface area (Å²) in [5.41, 5.74) is 5.85. The molecule has 0 spiro atoms. The standard InChI is InChI=1S/C25H25FO/c1-17-3-6-20(7-4-17)23-13-12-22(15-24(23)26)19-8-10-21(11-9-19)25-14-5-18(2)16-27-25/h3-4,6-13,15,18,25H,5,14,16H2,1-2H3/t18?,25-/m0/s1. The van der Waals surface area contributed by atoms with Crippen molar-refractivity contribution in [1.82, 2.24) is 0 Å². The summed E-state index contributed by atoms with van der Waals surface area (Å²) in [7, 11) is 0. The number of aryl methyl sites for hydroxylation is 1. The highest BCUT2D eigenvalue weighted by Gasteiger charge is 2.20. The Morgan fingerprint density at radius 1 is 0.815 bits per heavy atom. The van der Waals surface area contributed by atoms with Gasteiger partial charge in [0.05, 0.1) is 6.10 Å². The van der Waals surface area contributed by atoms with E-state index in [1.165, 1.54) is 17.5 Å². The zero-order chi connectivity index (χ0) is 18.8. The highest BCUT2D eigenvalue weighted by molar-refractivity contribution is 5.71. The van der Waals surface area contributed by atoms with Gasteiger partial charge in [0.15, 0.2) is 0 Å². The van der Waals surface area contributed by atoms with Gasteiger partial charge in [-0.05, 0) is 54.0 Å². The molecule has 1 nitrogen and oxygen atoms in total. The lowest BCUT2D eigenvalue weighted by atomic mass is 9.94. The average Bonchev–Trinajstić information content (AvgIpc) is 2.69. The molecule has 0 amide bonds. The summed E-state index contributed by atoms with van der Waals surface area (Å²) in [6, 6.07) is 21.8. The first kappa shape index (κ1) is 17.9. The van der Waals surface area contributed by atoms with Crippen molar-refractivity contribution in [2.75, 3.05) is 6.61 Å². The number of hydrogen-bond donors (Lipinski definition) is 0. The Kier molecular flexibility index (Phi) is 5.09. The van der Waals surface area contributed by atoms with Gasteiger partial charge in [-0.1, -0.05) is 73.2 Å². The van der Waals surface area contributed by atoms with Gasteiger partial charge >= 0.3 is 0 Å². The molecule has 0 radical (unpaired) electrons. The number of ether oxygens (including phenoxy) is 1. The minimum absolute atomic E-state index is 0.190. The van der Waals surface area contributed by atoms with Gasteiger partial charge in [-0.15, -0.1) is 0 Å². The van der Waals surface area contributed by atoms with Crippen molar-refractivity contribution in [2.24, 2.45) is 5.92 Å². The van der Waals surface area contributed by atoms with Gasteiger partial charge in [0.2, 0.25) is 0 Å². The van der Waals surface area contributed by atoms with Crippen LogP contribution in [0.1, 0.15) is 37.0 Å². The van der Waals surface area contributed by atoms with Crippen LogP contribution in [0.4, 0.5) is 4.39 Å². The van der Waals surface area contributed by atoms with Crippen molar-refractivity contribution in [3.63, 3.8) is 0 Å². The molecule has 3 aromatic carbocycles. The summed E-state index contributed by atoms with van der Waals surface area (Å²) in [5.74, 6) is 0.459. The summed E-state index contributed by atoms with van der Waals surface area (Å²) >= 11 is 0. The van der Waals surface area contributed by atoms with Crippen LogP contribution in [0.25, 0.3) is 22.3 Å². The highest BCUT2D eigenvalue weighted by Crippen LogP contribution is 2.32. The largest absolute Gasteiger partial charge is 0.373 e. The zero-order valence-electron chi connectivity index (χ0n) is 15.9. The van der Waals surface area contributed by atoms with Crippen molar-refractivity contribution >= 4 is 0 Å². The molecule has 4 rings (SSSR count). The molecule has 1 aliphatic heterocycles. The summed E-state index contributed by atoms with van der Waals surface area (Å²) < 4.78 is 20.7. The lowest BCUT2D eigenvalue weighted by Crippen LogP contribution is -2.18. The van der Waals surface area contributed by atoms with E-state index >= 15 is 0 Å². The molecular weight excluding hydrogens is 335 g/mol. The second kappa shape index (κ2) is 7.66. The van der Waals surface area contributed by atoms with E-state index in [9.17, 15) is 4.39 Å². The zero-order valence-corrected chi connectivity index (χ0v) is 15.9.